The fraction of sp³-hybridized carbons (Fsp3) is 0.457. The summed E-state index contributed by atoms with van der Waals surface area (Å²) in [7, 11) is 0. The Labute approximate surface area is 320 Å². The van der Waals surface area contributed by atoms with E-state index in [9.17, 15) is 14.4 Å². The first kappa shape index (κ1) is 39.0. The maximum Gasteiger partial charge on any atom is 0.335 e. The number of nitrogens with zero attached hydrogens (tertiary/aromatic N) is 1. The summed E-state index contributed by atoms with van der Waals surface area (Å²) in [5, 5.41) is 9.03. The minimum Gasteiger partial charge on any atom is -0.494 e. The van der Waals surface area contributed by atoms with E-state index in [2.05, 4.69) is 62.9 Å². The van der Waals surface area contributed by atoms with Crippen molar-refractivity contribution in [2.24, 2.45) is 23.7 Å². The summed E-state index contributed by atoms with van der Waals surface area (Å²) in [5.74, 6) is 4.18. The van der Waals surface area contributed by atoms with Crippen LogP contribution in [0.4, 0.5) is 0 Å². The standard InChI is InChI=1S/C46H55NO7/c1-31(2)33-5-7-34(8-6-33)35-9-11-38(12-10-35)43-29-39(36-13-18-41(19-14-36)53-27-28-54-46(51)32(3)30-48)17-22-42(43)37-15-20-40(21-16-37)52-26-4-25-47-44(49)23-24-45(47)50/h13-24,29,31,33-35,38,48H,3-12,25-28,30H2,1-2H3. The summed E-state index contributed by atoms with van der Waals surface area (Å²) >= 11 is 0. The van der Waals surface area contributed by atoms with Crippen LogP contribution in [0.25, 0.3) is 22.3 Å². The number of ether oxygens (including phenoxy) is 3. The van der Waals surface area contributed by atoms with E-state index in [4.69, 9.17) is 19.3 Å². The third kappa shape index (κ3) is 9.89. The Bertz CT molecular complexity index is 1760. The van der Waals surface area contributed by atoms with Gasteiger partial charge in [-0.2, -0.15) is 0 Å². The fourth-order valence-electron chi connectivity index (χ4n) is 8.53. The van der Waals surface area contributed by atoms with Gasteiger partial charge in [-0.15, -0.1) is 0 Å². The van der Waals surface area contributed by atoms with Crippen LogP contribution in [-0.2, 0) is 19.1 Å². The molecule has 8 nitrogen and oxygen atoms in total. The van der Waals surface area contributed by atoms with Crippen LogP contribution in [0.5, 0.6) is 11.5 Å². The van der Waals surface area contributed by atoms with Crippen LogP contribution in [0.3, 0.4) is 0 Å². The number of esters is 1. The molecule has 3 aliphatic rings. The summed E-state index contributed by atoms with van der Waals surface area (Å²) in [5.41, 5.74) is 6.09. The average molecular weight is 734 g/mol. The lowest BCUT2D eigenvalue weighted by Gasteiger charge is -2.39. The Morgan fingerprint density at radius 2 is 1.30 bits per heavy atom. The number of hydrogen-bond donors (Lipinski definition) is 1. The first-order valence-electron chi connectivity index (χ1n) is 19.8. The highest BCUT2D eigenvalue weighted by atomic mass is 16.6. The van der Waals surface area contributed by atoms with E-state index in [1.54, 1.807) is 0 Å². The monoisotopic (exact) mass is 733 g/mol. The van der Waals surface area contributed by atoms with Crippen molar-refractivity contribution in [1.29, 1.82) is 0 Å². The number of rotatable bonds is 16. The molecule has 0 saturated heterocycles. The lowest BCUT2D eigenvalue weighted by Crippen LogP contribution is -2.31. The Morgan fingerprint density at radius 3 is 1.89 bits per heavy atom. The van der Waals surface area contributed by atoms with Crippen LogP contribution in [0.1, 0.15) is 83.1 Å². The Balaban J connectivity index is 1.12. The molecule has 0 bridgehead atoms. The van der Waals surface area contributed by atoms with Gasteiger partial charge in [0.25, 0.3) is 11.8 Å². The highest BCUT2D eigenvalue weighted by Gasteiger charge is 2.33. The quantitative estimate of drug-likeness (QED) is 0.0679. The molecule has 1 aliphatic heterocycles. The minimum atomic E-state index is -0.622. The SMILES string of the molecule is C=C(CO)C(=O)OCCOc1ccc(-c2ccc(-c3ccc(OCCCN4C(=O)C=CC4=O)cc3)c(C3CCC(C4CCC(C(C)C)CC4)CC3)c2)cc1. The Kier molecular flexibility index (Phi) is 13.4. The second-order valence-electron chi connectivity index (χ2n) is 15.5. The van der Waals surface area contributed by atoms with E-state index in [0.29, 0.717) is 31.2 Å². The van der Waals surface area contributed by atoms with E-state index >= 15 is 0 Å². The molecule has 8 heteroatoms. The summed E-state index contributed by atoms with van der Waals surface area (Å²) in [6.45, 7) is 8.84. The van der Waals surface area contributed by atoms with Gasteiger partial charge in [-0.25, -0.2) is 4.79 Å². The van der Waals surface area contributed by atoms with Gasteiger partial charge in [0.15, 0.2) is 0 Å². The zero-order chi connectivity index (χ0) is 38.0. The molecule has 3 aromatic rings. The van der Waals surface area contributed by atoms with Crippen molar-refractivity contribution in [1.82, 2.24) is 4.90 Å². The van der Waals surface area contributed by atoms with Crippen molar-refractivity contribution in [3.63, 3.8) is 0 Å². The number of aliphatic hydroxyl groups is 1. The zero-order valence-electron chi connectivity index (χ0n) is 31.8. The third-order valence-corrected chi connectivity index (χ3v) is 11.8. The van der Waals surface area contributed by atoms with Crippen LogP contribution in [0.2, 0.25) is 0 Å². The van der Waals surface area contributed by atoms with Gasteiger partial charge >= 0.3 is 5.97 Å². The van der Waals surface area contributed by atoms with Gasteiger partial charge in [-0.05, 0) is 139 Å². The number of benzene rings is 3. The molecule has 0 atom stereocenters. The largest absolute Gasteiger partial charge is 0.494 e. The molecule has 286 valence electrons. The van der Waals surface area contributed by atoms with Gasteiger partial charge in [-0.1, -0.05) is 62.9 Å². The minimum absolute atomic E-state index is 0.0191. The van der Waals surface area contributed by atoms with Crippen LogP contribution in [0.15, 0.2) is 91.0 Å². The van der Waals surface area contributed by atoms with Gasteiger partial charge < -0.3 is 19.3 Å². The summed E-state index contributed by atoms with van der Waals surface area (Å²) in [6.07, 6.45) is 13.7. The Morgan fingerprint density at radius 1 is 0.741 bits per heavy atom. The van der Waals surface area contributed by atoms with Crippen molar-refractivity contribution in [3.8, 4) is 33.8 Å². The third-order valence-electron chi connectivity index (χ3n) is 11.8. The van der Waals surface area contributed by atoms with Gasteiger partial charge in [0, 0.05) is 18.7 Å². The number of hydrogen-bond acceptors (Lipinski definition) is 7. The number of carbonyl (C=O) groups excluding carboxylic acids is 3. The van der Waals surface area contributed by atoms with E-state index in [-0.39, 0.29) is 30.6 Å². The molecule has 1 N–H and O–H groups in total. The zero-order valence-corrected chi connectivity index (χ0v) is 31.8. The predicted octanol–water partition coefficient (Wildman–Crippen LogP) is 8.92. The maximum atomic E-state index is 11.8. The van der Waals surface area contributed by atoms with Gasteiger partial charge in [-0.3, -0.25) is 14.5 Å². The smallest absolute Gasteiger partial charge is 0.335 e. The van der Waals surface area contributed by atoms with Crippen LogP contribution in [-0.4, -0.2) is 60.8 Å². The van der Waals surface area contributed by atoms with Crippen LogP contribution >= 0.6 is 0 Å². The summed E-state index contributed by atoms with van der Waals surface area (Å²) in [4.78, 5) is 36.6. The first-order valence-corrected chi connectivity index (χ1v) is 19.8. The highest BCUT2D eigenvalue weighted by Crippen LogP contribution is 2.47. The highest BCUT2D eigenvalue weighted by molar-refractivity contribution is 6.12. The summed E-state index contributed by atoms with van der Waals surface area (Å²) < 4.78 is 16.9. The second kappa shape index (κ2) is 18.6. The molecule has 0 unspecified atom stereocenters. The fourth-order valence-corrected chi connectivity index (χ4v) is 8.53. The van der Waals surface area contributed by atoms with Crippen LogP contribution in [0, 0.1) is 23.7 Å². The molecule has 2 saturated carbocycles. The van der Waals surface area contributed by atoms with Gasteiger partial charge in [0.05, 0.1) is 18.8 Å². The number of amides is 2. The maximum absolute atomic E-state index is 11.8. The normalized spacial score (nSPS) is 21.4. The average Bonchev–Trinajstić information content (AvgIpc) is 3.53. The second-order valence-corrected chi connectivity index (χ2v) is 15.5. The Hall–Kier alpha value is -4.69. The van der Waals surface area contributed by atoms with Crippen molar-refractivity contribution in [2.75, 3.05) is 33.0 Å². The molecule has 2 aliphatic carbocycles. The number of aliphatic hydroxyl groups excluding tert-OH is 1. The number of carbonyl (C=O) groups is 3. The molecule has 0 spiro atoms. The number of imide groups is 1. The van der Waals surface area contributed by atoms with Crippen molar-refractivity contribution in [2.45, 2.75) is 77.6 Å². The van der Waals surface area contributed by atoms with Crippen LogP contribution < -0.4 is 9.47 Å². The molecule has 2 fully saturated rings. The molecule has 1 heterocycles. The molecule has 0 radical (unpaired) electrons. The van der Waals surface area contributed by atoms with E-state index in [1.165, 1.54) is 79.5 Å². The topological polar surface area (TPSA) is 102 Å². The lowest BCUT2D eigenvalue weighted by atomic mass is 9.66. The van der Waals surface area contributed by atoms with Crippen molar-refractivity contribution in [3.05, 3.63) is 96.6 Å². The molecule has 0 aromatic heterocycles. The molecular weight excluding hydrogens is 679 g/mol. The van der Waals surface area contributed by atoms with Crippen molar-refractivity contribution < 1.29 is 33.7 Å². The van der Waals surface area contributed by atoms with E-state index in [0.717, 1.165) is 46.1 Å². The van der Waals surface area contributed by atoms with Gasteiger partial charge in [0.2, 0.25) is 0 Å². The first-order chi connectivity index (χ1) is 26.2. The van der Waals surface area contributed by atoms with E-state index in [1.807, 2.05) is 24.3 Å². The molecular formula is C46H55NO7. The van der Waals surface area contributed by atoms with Gasteiger partial charge in [0.1, 0.15) is 24.7 Å². The lowest BCUT2D eigenvalue weighted by molar-refractivity contribution is -0.140. The molecule has 6 rings (SSSR count). The summed E-state index contributed by atoms with van der Waals surface area (Å²) in [6, 6.07) is 23.1. The van der Waals surface area contributed by atoms with Crippen molar-refractivity contribution >= 4 is 17.8 Å². The molecule has 2 amide bonds. The van der Waals surface area contributed by atoms with E-state index < -0.39 is 12.6 Å². The predicted molar refractivity (Wildman–Crippen MR) is 211 cm³/mol. The molecule has 3 aromatic carbocycles. The molecule has 54 heavy (non-hydrogen) atoms.